The highest BCUT2D eigenvalue weighted by molar-refractivity contribution is 5.78. The largest absolute Gasteiger partial charge is 0.379 e. The van der Waals surface area contributed by atoms with Crippen molar-refractivity contribution in [1.29, 1.82) is 0 Å². The van der Waals surface area contributed by atoms with E-state index in [4.69, 9.17) is 15.5 Å². The summed E-state index contributed by atoms with van der Waals surface area (Å²) in [6, 6.07) is 9.03. The molecule has 5 nitrogen and oxygen atoms in total. The standard InChI is InChI=1S/C20H32N4O/c1-16-5-3-7-18(13-16)19(23-9-11-25-12-10-23)14-22-20(21)24-8-4-6-17(2)15-24/h3,5,7,13,17,19H,4,6,8-12,14-15H2,1-2H3,(H2,21,22). The van der Waals surface area contributed by atoms with E-state index in [1.807, 2.05) is 0 Å². The van der Waals surface area contributed by atoms with Crippen molar-refractivity contribution in [3.05, 3.63) is 35.4 Å². The van der Waals surface area contributed by atoms with Crippen LogP contribution in [0.4, 0.5) is 0 Å². The molecule has 138 valence electrons. The smallest absolute Gasteiger partial charge is 0.191 e. The van der Waals surface area contributed by atoms with Gasteiger partial charge in [0.05, 0.1) is 25.8 Å². The van der Waals surface area contributed by atoms with Gasteiger partial charge < -0.3 is 15.4 Å². The van der Waals surface area contributed by atoms with Gasteiger partial charge in [-0.1, -0.05) is 36.8 Å². The highest BCUT2D eigenvalue weighted by Crippen LogP contribution is 2.23. The second-order valence-corrected chi connectivity index (χ2v) is 7.47. The second kappa shape index (κ2) is 8.68. The first-order valence-electron chi connectivity index (χ1n) is 9.56. The number of guanidine groups is 1. The van der Waals surface area contributed by atoms with Gasteiger partial charge in [0.1, 0.15) is 0 Å². The molecule has 2 fully saturated rings. The summed E-state index contributed by atoms with van der Waals surface area (Å²) in [6.45, 7) is 10.7. The van der Waals surface area contributed by atoms with E-state index in [0.717, 1.165) is 39.4 Å². The van der Waals surface area contributed by atoms with Crippen LogP contribution in [-0.2, 0) is 4.74 Å². The molecule has 0 amide bonds. The Labute approximate surface area is 151 Å². The number of nitrogens with two attached hydrogens (primary N) is 1. The average Bonchev–Trinajstić information content (AvgIpc) is 2.63. The van der Waals surface area contributed by atoms with Crippen molar-refractivity contribution in [2.45, 2.75) is 32.7 Å². The highest BCUT2D eigenvalue weighted by Gasteiger charge is 2.23. The summed E-state index contributed by atoms with van der Waals surface area (Å²) >= 11 is 0. The molecule has 0 saturated carbocycles. The average molecular weight is 345 g/mol. The molecule has 1 aromatic rings. The molecule has 2 heterocycles. The molecule has 0 aliphatic carbocycles. The molecular formula is C20H32N4O. The lowest BCUT2D eigenvalue weighted by atomic mass is 10.0. The minimum Gasteiger partial charge on any atom is -0.379 e. The Morgan fingerprint density at radius 2 is 2.12 bits per heavy atom. The van der Waals surface area contributed by atoms with Crippen LogP contribution in [0, 0.1) is 12.8 Å². The SMILES string of the molecule is Cc1cccc(C(CN=C(N)N2CCCC(C)C2)N2CCOCC2)c1. The van der Waals surface area contributed by atoms with Gasteiger partial charge in [0.15, 0.2) is 5.96 Å². The first-order valence-corrected chi connectivity index (χ1v) is 9.56. The molecule has 0 aromatic heterocycles. The molecule has 3 rings (SSSR count). The summed E-state index contributed by atoms with van der Waals surface area (Å²) in [5.41, 5.74) is 8.94. The predicted octanol–water partition coefficient (Wildman–Crippen LogP) is 2.41. The lowest BCUT2D eigenvalue weighted by Crippen LogP contribution is -2.44. The van der Waals surface area contributed by atoms with Crippen molar-refractivity contribution in [3.8, 4) is 0 Å². The molecule has 2 atom stereocenters. The van der Waals surface area contributed by atoms with Crippen LogP contribution in [0.3, 0.4) is 0 Å². The molecular weight excluding hydrogens is 312 g/mol. The normalized spacial score (nSPS) is 24.3. The molecule has 0 radical (unpaired) electrons. The Kier molecular flexibility index (Phi) is 6.32. The molecule has 2 aliphatic heterocycles. The topological polar surface area (TPSA) is 54.1 Å². The maximum atomic E-state index is 6.33. The molecule has 2 N–H and O–H groups in total. The van der Waals surface area contributed by atoms with Crippen LogP contribution in [0.15, 0.2) is 29.3 Å². The molecule has 0 bridgehead atoms. The minimum atomic E-state index is 0.268. The summed E-state index contributed by atoms with van der Waals surface area (Å²) in [6.07, 6.45) is 2.51. The number of aliphatic imine (C=N–C) groups is 1. The second-order valence-electron chi connectivity index (χ2n) is 7.47. The van der Waals surface area contributed by atoms with Crippen LogP contribution < -0.4 is 5.73 Å². The van der Waals surface area contributed by atoms with E-state index in [0.29, 0.717) is 18.4 Å². The van der Waals surface area contributed by atoms with Crippen LogP contribution in [-0.4, -0.2) is 61.7 Å². The number of hydrogen-bond acceptors (Lipinski definition) is 3. The quantitative estimate of drug-likeness (QED) is 0.673. The number of nitrogens with zero attached hydrogens (tertiary/aromatic N) is 3. The van der Waals surface area contributed by atoms with Crippen LogP contribution in [0.1, 0.15) is 36.9 Å². The Balaban J connectivity index is 1.73. The van der Waals surface area contributed by atoms with Crippen molar-refractivity contribution in [2.75, 3.05) is 45.9 Å². The molecule has 2 aliphatic rings. The van der Waals surface area contributed by atoms with Crippen molar-refractivity contribution in [2.24, 2.45) is 16.6 Å². The van der Waals surface area contributed by atoms with Gasteiger partial charge in [-0.2, -0.15) is 0 Å². The number of benzene rings is 1. The third kappa shape index (κ3) is 4.95. The Bertz CT molecular complexity index is 583. The zero-order valence-corrected chi connectivity index (χ0v) is 15.7. The Hall–Kier alpha value is -1.59. The van der Waals surface area contributed by atoms with Gasteiger partial charge in [0.25, 0.3) is 0 Å². The first kappa shape index (κ1) is 18.2. The van der Waals surface area contributed by atoms with Gasteiger partial charge in [-0.15, -0.1) is 0 Å². The molecule has 2 saturated heterocycles. The highest BCUT2D eigenvalue weighted by atomic mass is 16.5. The zero-order chi connectivity index (χ0) is 17.6. The van der Waals surface area contributed by atoms with Crippen LogP contribution in [0.2, 0.25) is 0 Å². The first-order chi connectivity index (χ1) is 12.1. The Morgan fingerprint density at radius 1 is 1.32 bits per heavy atom. The summed E-state index contributed by atoms with van der Waals surface area (Å²) in [4.78, 5) is 9.53. The third-order valence-corrected chi connectivity index (χ3v) is 5.32. The van der Waals surface area contributed by atoms with Crippen molar-refractivity contribution in [1.82, 2.24) is 9.80 Å². The summed E-state index contributed by atoms with van der Waals surface area (Å²) < 4.78 is 5.53. The number of ether oxygens (including phenoxy) is 1. The van der Waals surface area contributed by atoms with Crippen molar-refractivity contribution in [3.63, 3.8) is 0 Å². The molecule has 1 aromatic carbocycles. The fourth-order valence-corrected chi connectivity index (χ4v) is 3.88. The van der Waals surface area contributed by atoms with Gasteiger partial charge in [0.2, 0.25) is 0 Å². The summed E-state index contributed by atoms with van der Waals surface area (Å²) in [5.74, 6) is 1.41. The van der Waals surface area contributed by atoms with Gasteiger partial charge in [-0.25, -0.2) is 0 Å². The fraction of sp³-hybridized carbons (Fsp3) is 0.650. The molecule has 0 spiro atoms. The van der Waals surface area contributed by atoms with Gasteiger partial charge in [-0.3, -0.25) is 9.89 Å². The number of piperidine rings is 1. The summed E-state index contributed by atoms with van der Waals surface area (Å²) in [7, 11) is 0. The van der Waals surface area contributed by atoms with E-state index in [9.17, 15) is 0 Å². The van der Waals surface area contributed by atoms with Crippen LogP contribution in [0.25, 0.3) is 0 Å². The molecule has 25 heavy (non-hydrogen) atoms. The van der Waals surface area contributed by atoms with Crippen molar-refractivity contribution >= 4 is 5.96 Å². The number of aryl methyl sites for hydroxylation is 1. The monoisotopic (exact) mass is 344 g/mol. The molecule has 5 heteroatoms. The van der Waals surface area contributed by atoms with E-state index < -0.39 is 0 Å². The van der Waals surface area contributed by atoms with E-state index in [1.165, 1.54) is 24.0 Å². The predicted molar refractivity (Wildman–Crippen MR) is 103 cm³/mol. The van der Waals surface area contributed by atoms with Crippen LogP contribution >= 0.6 is 0 Å². The fourth-order valence-electron chi connectivity index (χ4n) is 3.88. The number of likely N-dealkylation sites (tertiary alicyclic amines) is 1. The van der Waals surface area contributed by atoms with Crippen molar-refractivity contribution < 1.29 is 4.74 Å². The maximum absolute atomic E-state index is 6.33. The zero-order valence-electron chi connectivity index (χ0n) is 15.7. The lowest BCUT2D eigenvalue weighted by Gasteiger charge is -2.35. The molecule has 2 unspecified atom stereocenters. The van der Waals surface area contributed by atoms with E-state index >= 15 is 0 Å². The van der Waals surface area contributed by atoms with Gasteiger partial charge >= 0.3 is 0 Å². The van der Waals surface area contributed by atoms with Crippen LogP contribution in [0.5, 0.6) is 0 Å². The lowest BCUT2D eigenvalue weighted by molar-refractivity contribution is 0.0179. The third-order valence-electron chi connectivity index (χ3n) is 5.32. The van der Waals surface area contributed by atoms with E-state index in [-0.39, 0.29) is 6.04 Å². The van der Waals surface area contributed by atoms with Gasteiger partial charge in [0, 0.05) is 26.2 Å². The van der Waals surface area contributed by atoms with E-state index in [1.54, 1.807) is 0 Å². The number of rotatable bonds is 4. The Morgan fingerprint density at radius 3 is 2.84 bits per heavy atom. The van der Waals surface area contributed by atoms with Gasteiger partial charge in [-0.05, 0) is 31.2 Å². The maximum Gasteiger partial charge on any atom is 0.191 e. The summed E-state index contributed by atoms with van der Waals surface area (Å²) in [5, 5.41) is 0. The van der Waals surface area contributed by atoms with E-state index in [2.05, 4.69) is 47.9 Å². The number of morpholine rings is 1. The number of hydrogen-bond donors (Lipinski definition) is 1. The minimum absolute atomic E-state index is 0.268.